The molecule has 0 bridgehead atoms. The predicted octanol–water partition coefficient (Wildman–Crippen LogP) is 3.99. The van der Waals surface area contributed by atoms with Crippen molar-refractivity contribution in [2.45, 2.75) is 19.4 Å². The second kappa shape index (κ2) is 6.78. The van der Waals surface area contributed by atoms with Crippen LogP contribution in [-0.2, 0) is 11.2 Å². The first-order valence-electron chi connectivity index (χ1n) is 7.51. The van der Waals surface area contributed by atoms with Crippen molar-refractivity contribution in [3.63, 3.8) is 0 Å². The van der Waals surface area contributed by atoms with Gasteiger partial charge in [0.25, 0.3) is 0 Å². The highest BCUT2D eigenvalue weighted by atomic mass is 35.5. The van der Waals surface area contributed by atoms with Crippen LogP contribution in [0.5, 0.6) is 0 Å². The summed E-state index contributed by atoms with van der Waals surface area (Å²) in [6, 6.07) is 11.1. The number of rotatable bonds is 3. The standard InChI is InChI=1S/C18H19ClFNO/c1-12-2-4-14(10-18(12)20)16-5-3-13(9-17(16)19)8-15-11-21-6-7-22-15/h2-5,9-10,15,21H,6-8,11H2,1H3. The summed E-state index contributed by atoms with van der Waals surface area (Å²) < 4.78 is 19.4. The van der Waals surface area contributed by atoms with Gasteiger partial charge >= 0.3 is 0 Å². The van der Waals surface area contributed by atoms with Crippen molar-refractivity contribution in [3.8, 4) is 11.1 Å². The number of hydrogen-bond donors (Lipinski definition) is 1. The molecule has 1 aliphatic heterocycles. The molecular weight excluding hydrogens is 301 g/mol. The average Bonchev–Trinajstić information content (AvgIpc) is 2.51. The summed E-state index contributed by atoms with van der Waals surface area (Å²) >= 11 is 6.39. The third-order valence-electron chi connectivity index (χ3n) is 3.98. The molecule has 116 valence electrons. The molecule has 0 spiro atoms. The summed E-state index contributed by atoms with van der Waals surface area (Å²) in [5.74, 6) is -0.209. The number of morpholine rings is 1. The minimum Gasteiger partial charge on any atom is -0.375 e. The molecule has 2 nitrogen and oxygen atoms in total. The molecule has 2 aromatic carbocycles. The van der Waals surface area contributed by atoms with Gasteiger partial charge in [-0.25, -0.2) is 4.39 Å². The average molecular weight is 320 g/mol. The maximum absolute atomic E-state index is 13.7. The molecule has 0 aromatic heterocycles. The third-order valence-corrected chi connectivity index (χ3v) is 4.30. The Morgan fingerprint density at radius 1 is 1.27 bits per heavy atom. The van der Waals surface area contributed by atoms with E-state index in [9.17, 15) is 4.39 Å². The molecular formula is C18H19ClFNO. The quantitative estimate of drug-likeness (QED) is 0.923. The van der Waals surface area contributed by atoms with Crippen molar-refractivity contribution in [3.05, 3.63) is 58.4 Å². The van der Waals surface area contributed by atoms with Crippen LogP contribution in [0.2, 0.25) is 5.02 Å². The number of nitrogens with one attached hydrogen (secondary N) is 1. The van der Waals surface area contributed by atoms with Gasteiger partial charge in [-0.3, -0.25) is 0 Å². The number of aryl methyl sites for hydroxylation is 1. The van der Waals surface area contributed by atoms with E-state index in [1.807, 2.05) is 24.3 Å². The zero-order valence-corrected chi connectivity index (χ0v) is 13.3. The number of halogens is 2. The number of benzene rings is 2. The first-order valence-corrected chi connectivity index (χ1v) is 7.88. The lowest BCUT2D eigenvalue weighted by Gasteiger charge is -2.23. The van der Waals surface area contributed by atoms with Crippen molar-refractivity contribution < 1.29 is 9.13 Å². The Bertz CT molecular complexity index is 668. The van der Waals surface area contributed by atoms with Crippen LogP contribution in [0.25, 0.3) is 11.1 Å². The highest BCUT2D eigenvalue weighted by Gasteiger charge is 2.15. The summed E-state index contributed by atoms with van der Waals surface area (Å²) in [6.07, 6.45) is 1.02. The van der Waals surface area contributed by atoms with Gasteiger partial charge in [0.2, 0.25) is 0 Å². The van der Waals surface area contributed by atoms with Gasteiger partial charge in [-0.15, -0.1) is 0 Å². The largest absolute Gasteiger partial charge is 0.375 e. The van der Waals surface area contributed by atoms with Crippen LogP contribution >= 0.6 is 11.6 Å². The van der Waals surface area contributed by atoms with E-state index in [1.165, 1.54) is 6.07 Å². The van der Waals surface area contributed by atoms with Crippen molar-refractivity contribution >= 4 is 11.6 Å². The van der Waals surface area contributed by atoms with E-state index in [4.69, 9.17) is 16.3 Å². The summed E-state index contributed by atoms with van der Waals surface area (Å²) in [5, 5.41) is 3.96. The van der Waals surface area contributed by atoms with E-state index < -0.39 is 0 Å². The second-order valence-corrected chi connectivity index (χ2v) is 6.09. The molecule has 1 N–H and O–H groups in total. The van der Waals surface area contributed by atoms with Crippen LogP contribution in [0, 0.1) is 12.7 Å². The van der Waals surface area contributed by atoms with Crippen LogP contribution in [0.1, 0.15) is 11.1 Å². The van der Waals surface area contributed by atoms with E-state index in [0.717, 1.165) is 42.8 Å². The van der Waals surface area contributed by atoms with Gasteiger partial charge in [-0.1, -0.05) is 35.9 Å². The fourth-order valence-corrected chi connectivity index (χ4v) is 3.01. The Balaban J connectivity index is 1.80. The van der Waals surface area contributed by atoms with Crippen molar-refractivity contribution in [1.29, 1.82) is 0 Å². The molecule has 2 aromatic rings. The lowest BCUT2D eigenvalue weighted by Crippen LogP contribution is -2.39. The zero-order chi connectivity index (χ0) is 15.5. The van der Waals surface area contributed by atoms with E-state index in [0.29, 0.717) is 10.6 Å². The van der Waals surface area contributed by atoms with Gasteiger partial charge in [0.05, 0.1) is 12.7 Å². The topological polar surface area (TPSA) is 21.3 Å². The minimum absolute atomic E-state index is 0.187. The Hall–Kier alpha value is -1.42. The van der Waals surface area contributed by atoms with Gasteiger partial charge in [0.1, 0.15) is 5.82 Å². The zero-order valence-electron chi connectivity index (χ0n) is 12.5. The van der Waals surface area contributed by atoms with E-state index in [-0.39, 0.29) is 11.9 Å². The lowest BCUT2D eigenvalue weighted by molar-refractivity contribution is 0.0292. The fraction of sp³-hybridized carbons (Fsp3) is 0.333. The lowest BCUT2D eigenvalue weighted by atomic mass is 10.00. The molecule has 1 unspecified atom stereocenters. The minimum atomic E-state index is -0.209. The van der Waals surface area contributed by atoms with Crippen LogP contribution in [0.15, 0.2) is 36.4 Å². The Labute approximate surface area is 135 Å². The normalized spacial score (nSPS) is 18.4. The van der Waals surface area contributed by atoms with E-state index >= 15 is 0 Å². The number of ether oxygens (including phenoxy) is 1. The van der Waals surface area contributed by atoms with Crippen LogP contribution in [0.4, 0.5) is 4.39 Å². The summed E-state index contributed by atoms with van der Waals surface area (Å²) in [7, 11) is 0. The molecule has 22 heavy (non-hydrogen) atoms. The van der Waals surface area contributed by atoms with Crippen LogP contribution in [0.3, 0.4) is 0 Å². The summed E-state index contributed by atoms with van der Waals surface area (Å²) in [5.41, 5.74) is 3.43. The molecule has 1 fully saturated rings. The maximum atomic E-state index is 13.7. The monoisotopic (exact) mass is 319 g/mol. The Kier molecular flexibility index (Phi) is 4.77. The molecule has 1 heterocycles. The van der Waals surface area contributed by atoms with E-state index in [1.54, 1.807) is 13.0 Å². The molecule has 1 saturated heterocycles. The van der Waals surface area contributed by atoms with Gasteiger partial charge in [-0.2, -0.15) is 0 Å². The van der Waals surface area contributed by atoms with Crippen molar-refractivity contribution in [2.75, 3.05) is 19.7 Å². The van der Waals surface area contributed by atoms with Gasteiger partial charge in [-0.05, 0) is 42.2 Å². The van der Waals surface area contributed by atoms with Crippen LogP contribution in [-0.4, -0.2) is 25.8 Å². The van der Waals surface area contributed by atoms with Crippen molar-refractivity contribution in [1.82, 2.24) is 5.32 Å². The second-order valence-electron chi connectivity index (χ2n) is 5.68. The molecule has 0 aliphatic carbocycles. The summed E-state index contributed by atoms with van der Waals surface area (Å²) in [6.45, 7) is 4.28. The molecule has 1 aliphatic rings. The molecule has 0 amide bonds. The Morgan fingerprint density at radius 2 is 2.14 bits per heavy atom. The first-order chi connectivity index (χ1) is 10.6. The predicted molar refractivity (Wildman–Crippen MR) is 87.9 cm³/mol. The molecule has 3 rings (SSSR count). The summed E-state index contributed by atoms with van der Waals surface area (Å²) in [4.78, 5) is 0. The van der Waals surface area contributed by atoms with Gasteiger partial charge < -0.3 is 10.1 Å². The Morgan fingerprint density at radius 3 is 2.82 bits per heavy atom. The highest BCUT2D eigenvalue weighted by molar-refractivity contribution is 6.33. The SMILES string of the molecule is Cc1ccc(-c2ccc(CC3CNCCO3)cc2Cl)cc1F. The number of hydrogen-bond acceptors (Lipinski definition) is 2. The maximum Gasteiger partial charge on any atom is 0.126 e. The van der Waals surface area contributed by atoms with Crippen LogP contribution < -0.4 is 5.32 Å². The molecule has 4 heteroatoms. The van der Waals surface area contributed by atoms with Crippen molar-refractivity contribution in [2.24, 2.45) is 0 Å². The fourth-order valence-electron chi connectivity index (χ4n) is 2.69. The van der Waals surface area contributed by atoms with Gasteiger partial charge in [0.15, 0.2) is 0 Å². The molecule has 1 atom stereocenters. The van der Waals surface area contributed by atoms with Gasteiger partial charge in [0, 0.05) is 23.7 Å². The third kappa shape index (κ3) is 3.49. The first kappa shape index (κ1) is 15.5. The smallest absolute Gasteiger partial charge is 0.126 e. The highest BCUT2D eigenvalue weighted by Crippen LogP contribution is 2.30. The molecule has 0 saturated carbocycles. The molecule has 0 radical (unpaired) electrons. The van der Waals surface area contributed by atoms with E-state index in [2.05, 4.69) is 5.32 Å².